The van der Waals surface area contributed by atoms with E-state index < -0.39 is 10.0 Å². The predicted molar refractivity (Wildman–Crippen MR) is 109 cm³/mol. The lowest BCUT2D eigenvalue weighted by Crippen LogP contribution is -2.34. The molecule has 2 N–H and O–H groups in total. The van der Waals surface area contributed by atoms with Gasteiger partial charge in [0.25, 0.3) is 0 Å². The fourth-order valence-electron chi connectivity index (χ4n) is 2.13. The van der Waals surface area contributed by atoms with E-state index in [1.807, 2.05) is 13.8 Å². The molecule has 0 fully saturated rings. The van der Waals surface area contributed by atoms with Crippen molar-refractivity contribution in [2.75, 3.05) is 18.4 Å². The van der Waals surface area contributed by atoms with Crippen LogP contribution in [0.2, 0.25) is 0 Å². The average Bonchev–Trinajstić information content (AvgIpc) is 2.54. The molecule has 0 saturated heterocycles. The van der Waals surface area contributed by atoms with Crippen molar-refractivity contribution in [2.24, 2.45) is 5.92 Å². The second kappa shape index (κ2) is 10.2. The predicted octanol–water partition coefficient (Wildman–Crippen LogP) is 2.91. The van der Waals surface area contributed by atoms with Crippen LogP contribution in [-0.2, 0) is 14.8 Å². The zero-order chi connectivity index (χ0) is 19.7. The molecule has 6 nitrogen and oxygen atoms in total. The largest absolute Gasteiger partial charge is 0.332 e. The van der Waals surface area contributed by atoms with Crippen molar-refractivity contribution in [2.45, 2.75) is 25.2 Å². The number of hydrogen-bond acceptors (Lipinski definition) is 4. The topological polar surface area (TPSA) is 78.5 Å². The molecule has 8 heteroatoms. The zero-order valence-corrected chi connectivity index (χ0v) is 16.7. The highest BCUT2D eigenvalue weighted by atomic mass is 32.2. The summed E-state index contributed by atoms with van der Waals surface area (Å²) in [6.07, 6.45) is 3.42. The second-order valence-electron chi connectivity index (χ2n) is 6.02. The summed E-state index contributed by atoms with van der Waals surface area (Å²) < 4.78 is 26.5. The highest BCUT2D eigenvalue weighted by Gasteiger charge is 2.22. The van der Waals surface area contributed by atoms with Crippen LogP contribution in [0.3, 0.4) is 0 Å². The number of carbonyl (C=O) groups is 1. The van der Waals surface area contributed by atoms with Crippen LogP contribution in [0.1, 0.15) is 20.3 Å². The van der Waals surface area contributed by atoms with Crippen LogP contribution < -0.4 is 10.6 Å². The molecule has 0 aliphatic heterocycles. The van der Waals surface area contributed by atoms with Gasteiger partial charge in [-0.2, -0.15) is 4.31 Å². The number of anilines is 1. The number of hydrogen-bond donors (Lipinski definition) is 2. The SMILES string of the molecule is C=CCN(CC=C)S(=O)(=O)c1ccc(NC(=S)NC(=O)CC(C)C)cc1. The van der Waals surface area contributed by atoms with Crippen LogP contribution >= 0.6 is 12.2 Å². The highest BCUT2D eigenvalue weighted by Crippen LogP contribution is 2.18. The first kappa shape index (κ1) is 22.0. The van der Waals surface area contributed by atoms with E-state index in [-0.39, 0.29) is 34.9 Å². The van der Waals surface area contributed by atoms with Crippen LogP contribution in [0, 0.1) is 5.92 Å². The molecule has 1 aromatic carbocycles. The normalized spacial score (nSPS) is 11.2. The van der Waals surface area contributed by atoms with Crippen molar-refractivity contribution in [1.82, 2.24) is 9.62 Å². The molecule has 142 valence electrons. The summed E-state index contributed by atoms with van der Waals surface area (Å²) in [5.41, 5.74) is 0.581. The minimum absolute atomic E-state index is 0.154. The molecule has 0 spiro atoms. The Hall–Kier alpha value is -2.03. The Labute approximate surface area is 161 Å². The molecule has 0 radical (unpaired) electrons. The quantitative estimate of drug-likeness (QED) is 0.496. The lowest BCUT2D eigenvalue weighted by Gasteiger charge is -2.19. The first-order valence-corrected chi connectivity index (χ1v) is 9.98. The number of amides is 1. The van der Waals surface area contributed by atoms with E-state index in [2.05, 4.69) is 23.8 Å². The van der Waals surface area contributed by atoms with Gasteiger partial charge in [0.15, 0.2) is 5.11 Å². The summed E-state index contributed by atoms with van der Waals surface area (Å²) in [6.45, 7) is 11.4. The van der Waals surface area contributed by atoms with Gasteiger partial charge in [-0.25, -0.2) is 8.42 Å². The maximum absolute atomic E-state index is 12.6. The highest BCUT2D eigenvalue weighted by molar-refractivity contribution is 7.89. The molecule has 0 aromatic heterocycles. The number of rotatable bonds is 9. The van der Waals surface area contributed by atoms with E-state index in [1.54, 1.807) is 12.1 Å². The van der Waals surface area contributed by atoms with Crippen LogP contribution in [0.25, 0.3) is 0 Å². The van der Waals surface area contributed by atoms with Crippen molar-refractivity contribution in [3.8, 4) is 0 Å². The maximum atomic E-state index is 12.6. The number of carbonyl (C=O) groups excluding carboxylic acids is 1. The molecule has 0 saturated carbocycles. The maximum Gasteiger partial charge on any atom is 0.243 e. The smallest absolute Gasteiger partial charge is 0.243 e. The van der Waals surface area contributed by atoms with Crippen molar-refractivity contribution in [3.05, 3.63) is 49.6 Å². The second-order valence-corrected chi connectivity index (χ2v) is 8.37. The standard InChI is InChI=1S/C18H25N3O3S2/c1-5-11-21(12-6-2)26(23,24)16-9-7-15(8-10-16)19-18(25)20-17(22)13-14(3)4/h5-10,14H,1-2,11-13H2,3-4H3,(H2,19,20,22,25). The van der Waals surface area contributed by atoms with E-state index in [9.17, 15) is 13.2 Å². The third-order valence-electron chi connectivity index (χ3n) is 3.26. The Balaban J connectivity index is 2.81. The Morgan fingerprint density at radius 2 is 1.73 bits per heavy atom. The summed E-state index contributed by atoms with van der Waals surface area (Å²) in [4.78, 5) is 11.9. The van der Waals surface area contributed by atoms with Crippen LogP contribution in [0.4, 0.5) is 5.69 Å². The van der Waals surface area contributed by atoms with Gasteiger partial charge in [0.05, 0.1) is 4.90 Å². The van der Waals surface area contributed by atoms with Crippen molar-refractivity contribution < 1.29 is 13.2 Å². The van der Waals surface area contributed by atoms with Gasteiger partial charge in [-0.05, 0) is 42.4 Å². The fraction of sp³-hybridized carbons (Fsp3) is 0.333. The molecule has 0 atom stereocenters. The van der Waals surface area contributed by atoms with E-state index in [1.165, 1.54) is 28.6 Å². The molecule has 1 rings (SSSR count). The van der Waals surface area contributed by atoms with Crippen molar-refractivity contribution >= 4 is 38.9 Å². The molecule has 0 unspecified atom stereocenters. The van der Waals surface area contributed by atoms with Gasteiger partial charge in [-0.15, -0.1) is 13.2 Å². The van der Waals surface area contributed by atoms with Crippen molar-refractivity contribution in [3.63, 3.8) is 0 Å². The van der Waals surface area contributed by atoms with E-state index in [0.717, 1.165) is 0 Å². The lowest BCUT2D eigenvalue weighted by atomic mass is 10.1. The number of nitrogens with one attached hydrogen (secondary N) is 2. The van der Waals surface area contributed by atoms with Gasteiger partial charge in [0.1, 0.15) is 0 Å². The summed E-state index contributed by atoms with van der Waals surface area (Å²) in [5, 5.41) is 5.62. The van der Waals surface area contributed by atoms with Gasteiger partial charge in [-0.3, -0.25) is 4.79 Å². The molecule has 0 aliphatic carbocycles. The summed E-state index contributed by atoms with van der Waals surface area (Å²) in [5.74, 6) is 0.0672. The molecule has 0 heterocycles. The number of sulfonamides is 1. The third-order valence-corrected chi connectivity index (χ3v) is 5.31. The average molecular weight is 396 g/mol. The van der Waals surface area contributed by atoms with Gasteiger partial charge in [0, 0.05) is 25.2 Å². The van der Waals surface area contributed by atoms with E-state index in [0.29, 0.717) is 12.1 Å². The van der Waals surface area contributed by atoms with Gasteiger partial charge < -0.3 is 10.6 Å². The summed E-state index contributed by atoms with van der Waals surface area (Å²) in [6, 6.07) is 6.15. The summed E-state index contributed by atoms with van der Waals surface area (Å²) >= 11 is 5.09. The monoisotopic (exact) mass is 395 g/mol. The number of benzene rings is 1. The number of thiocarbonyl (C=S) groups is 1. The van der Waals surface area contributed by atoms with Gasteiger partial charge in [0.2, 0.25) is 15.9 Å². The molecular weight excluding hydrogens is 370 g/mol. The Morgan fingerprint density at radius 3 is 2.19 bits per heavy atom. The molecule has 0 aliphatic rings. The number of nitrogens with zero attached hydrogens (tertiary/aromatic N) is 1. The van der Waals surface area contributed by atoms with Gasteiger partial charge >= 0.3 is 0 Å². The van der Waals surface area contributed by atoms with Gasteiger partial charge in [-0.1, -0.05) is 26.0 Å². The first-order chi connectivity index (χ1) is 12.2. The van der Waals surface area contributed by atoms with Crippen LogP contribution in [-0.4, -0.2) is 36.8 Å². The minimum Gasteiger partial charge on any atom is -0.332 e. The van der Waals surface area contributed by atoms with Crippen LogP contribution in [0.15, 0.2) is 54.5 Å². The van der Waals surface area contributed by atoms with E-state index >= 15 is 0 Å². The third kappa shape index (κ3) is 6.70. The molecule has 26 heavy (non-hydrogen) atoms. The molecule has 1 amide bonds. The van der Waals surface area contributed by atoms with Crippen molar-refractivity contribution in [1.29, 1.82) is 0 Å². The Bertz CT molecular complexity index is 746. The first-order valence-electron chi connectivity index (χ1n) is 8.13. The molecule has 1 aromatic rings. The molecular formula is C18H25N3O3S2. The zero-order valence-electron chi connectivity index (χ0n) is 15.1. The minimum atomic E-state index is -3.64. The van der Waals surface area contributed by atoms with Crippen LogP contribution in [0.5, 0.6) is 0 Å². The van der Waals surface area contributed by atoms with E-state index in [4.69, 9.17) is 12.2 Å². The lowest BCUT2D eigenvalue weighted by molar-refractivity contribution is -0.120. The fourth-order valence-corrected chi connectivity index (χ4v) is 3.74. The molecule has 0 bridgehead atoms. The Kier molecular flexibility index (Phi) is 8.64. The Morgan fingerprint density at radius 1 is 1.19 bits per heavy atom. The summed E-state index contributed by atoms with van der Waals surface area (Å²) in [7, 11) is -3.64.